The lowest BCUT2D eigenvalue weighted by atomic mass is 9.69. The maximum atomic E-state index is 2.52. The van der Waals surface area contributed by atoms with Crippen LogP contribution in [0.2, 0.25) is 0 Å². The summed E-state index contributed by atoms with van der Waals surface area (Å²) >= 11 is 0. The number of hydrogen-bond donors (Lipinski definition) is 0. The van der Waals surface area contributed by atoms with Gasteiger partial charge in [0.2, 0.25) is 0 Å². The van der Waals surface area contributed by atoms with Gasteiger partial charge in [-0.3, -0.25) is 0 Å². The van der Waals surface area contributed by atoms with Crippen LogP contribution in [-0.2, 0) is 5.41 Å². The molecule has 0 fully saturated rings. The molecule has 0 saturated heterocycles. The predicted octanol–water partition coefficient (Wildman–Crippen LogP) is 9.54. The van der Waals surface area contributed by atoms with Crippen molar-refractivity contribution in [3.8, 4) is 0 Å². The van der Waals surface area contributed by atoms with E-state index in [-0.39, 0.29) is 0 Å². The van der Waals surface area contributed by atoms with E-state index in [1.807, 2.05) is 0 Å². The summed E-state index contributed by atoms with van der Waals surface area (Å²) in [6.45, 7) is 4.63. The van der Waals surface area contributed by atoms with Crippen LogP contribution in [-0.4, -0.2) is 0 Å². The molecule has 29 heavy (non-hydrogen) atoms. The Bertz CT molecular complexity index is 659. The summed E-state index contributed by atoms with van der Waals surface area (Å²) < 4.78 is 0. The Kier molecular flexibility index (Phi) is 9.09. The van der Waals surface area contributed by atoms with Gasteiger partial charge in [0.25, 0.3) is 0 Å². The quantitative estimate of drug-likeness (QED) is 0.276. The summed E-state index contributed by atoms with van der Waals surface area (Å²) in [5, 5.41) is 0. The lowest BCUT2D eigenvalue weighted by Gasteiger charge is -2.34. The molecule has 0 spiro atoms. The van der Waals surface area contributed by atoms with E-state index in [1.54, 1.807) is 22.3 Å². The summed E-state index contributed by atoms with van der Waals surface area (Å²) in [5.74, 6) is 0. The minimum atomic E-state index is 0.304. The van der Waals surface area contributed by atoms with Crippen molar-refractivity contribution >= 4 is 5.57 Å². The Morgan fingerprint density at radius 3 is 1.97 bits per heavy atom. The molecular formula is C29H44. The van der Waals surface area contributed by atoms with Gasteiger partial charge in [-0.15, -0.1) is 0 Å². The Balaban J connectivity index is 1.73. The third kappa shape index (κ3) is 5.44. The highest BCUT2D eigenvalue weighted by Crippen LogP contribution is 2.55. The van der Waals surface area contributed by atoms with E-state index in [0.29, 0.717) is 5.41 Å². The molecule has 3 rings (SSSR count). The van der Waals surface area contributed by atoms with Crippen molar-refractivity contribution in [2.45, 2.75) is 122 Å². The Labute approximate surface area is 180 Å². The maximum Gasteiger partial charge on any atom is 0.0211 e. The first kappa shape index (κ1) is 22.4. The van der Waals surface area contributed by atoms with Crippen molar-refractivity contribution in [3.05, 3.63) is 53.1 Å². The first-order valence-corrected chi connectivity index (χ1v) is 12.8. The molecule has 0 heterocycles. The van der Waals surface area contributed by atoms with Crippen LogP contribution in [0.3, 0.4) is 0 Å². The van der Waals surface area contributed by atoms with Gasteiger partial charge in [0, 0.05) is 5.41 Å². The fourth-order valence-corrected chi connectivity index (χ4v) is 5.78. The second-order valence-electron chi connectivity index (χ2n) is 9.50. The normalized spacial score (nSPS) is 16.9. The molecule has 0 atom stereocenters. The smallest absolute Gasteiger partial charge is 0.0211 e. The molecule has 2 aliphatic rings. The van der Waals surface area contributed by atoms with E-state index >= 15 is 0 Å². The van der Waals surface area contributed by atoms with Gasteiger partial charge in [0.15, 0.2) is 0 Å². The van der Waals surface area contributed by atoms with E-state index in [2.05, 4.69) is 50.3 Å². The van der Waals surface area contributed by atoms with Crippen LogP contribution in [0.1, 0.15) is 128 Å². The molecule has 0 saturated carbocycles. The zero-order valence-electron chi connectivity index (χ0n) is 19.3. The van der Waals surface area contributed by atoms with E-state index in [4.69, 9.17) is 0 Å². The van der Waals surface area contributed by atoms with Crippen LogP contribution in [0, 0.1) is 0 Å². The van der Waals surface area contributed by atoms with Crippen LogP contribution < -0.4 is 0 Å². The highest BCUT2D eigenvalue weighted by molar-refractivity contribution is 5.83. The highest BCUT2D eigenvalue weighted by Gasteiger charge is 2.43. The molecule has 0 heteroatoms. The van der Waals surface area contributed by atoms with E-state index < -0.39 is 0 Å². The second-order valence-corrected chi connectivity index (χ2v) is 9.50. The lowest BCUT2D eigenvalue weighted by molar-refractivity contribution is 0.394. The van der Waals surface area contributed by atoms with Gasteiger partial charge >= 0.3 is 0 Å². The molecule has 0 radical (unpaired) electrons. The van der Waals surface area contributed by atoms with Gasteiger partial charge in [-0.25, -0.2) is 0 Å². The van der Waals surface area contributed by atoms with E-state index in [0.717, 1.165) is 0 Å². The fourth-order valence-electron chi connectivity index (χ4n) is 5.78. The van der Waals surface area contributed by atoms with Gasteiger partial charge in [-0.2, -0.15) is 0 Å². The first-order valence-electron chi connectivity index (χ1n) is 12.8. The molecular weight excluding hydrogens is 348 g/mol. The molecule has 0 amide bonds. The Hall–Kier alpha value is -1.30. The Morgan fingerprint density at radius 2 is 1.31 bits per heavy atom. The average molecular weight is 393 g/mol. The molecule has 0 aliphatic heterocycles. The van der Waals surface area contributed by atoms with E-state index in [1.165, 1.54) is 103 Å². The minimum absolute atomic E-state index is 0.304. The van der Waals surface area contributed by atoms with Gasteiger partial charge < -0.3 is 0 Å². The first-order chi connectivity index (χ1) is 14.3. The van der Waals surface area contributed by atoms with Crippen molar-refractivity contribution in [1.82, 2.24) is 0 Å². The number of allylic oxidation sites excluding steroid dienone is 4. The molecule has 160 valence electrons. The monoisotopic (exact) mass is 392 g/mol. The second kappa shape index (κ2) is 11.8. The van der Waals surface area contributed by atoms with Gasteiger partial charge in [0.05, 0.1) is 0 Å². The third-order valence-corrected chi connectivity index (χ3v) is 7.37. The highest BCUT2D eigenvalue weighted by atomic mass is 14.5. The number of benzene rings is 1. The number of fused-ring (bicyclic) bond motifs is 2. The molecule has 2 aliphatic carbocycles. The molecule has 0 nitrogen and oxygen atoms in total. The van der Waals surface area contributed by atoms with Crippen LogP contribution in [0.25, 0.3) is 5.57 Å². The summed E-state index contributed by atoms with van der Waals surface area (Å²) in [4.78, 5) is 0. The third-order valence-electron chi connectivity index (χ3n) is 7.37. The van der Waals surface area contributed by atoms with Crippen molar-refractivity contribution in [3.63, 3.8) is 0 Å². The zero-order chi connectivity index (χ0) is 20.4. The van der Waals surface area contributed by atoms with Crippen LogP contribution in [0.15, 0.2) is 42.0 Å². The molecule has 0 bridgehead atoms. The topological polar surface area (TPSA) is 0 Å². The van der Waals surface area contributed by atoms with Crippen molar-refractivity contribution < 1.29 is 0 Å². The van der Waals surface area contributed by atoms with Crippen molar-refractivity contribution in [1.29, 1.82) is 0 Å². The zero-order valence-corrected chi connectivity index (χ0v) is 19.3. The summed E-state index contributed by atoms with van der Waals surface area (Å²) in [6, 6.07) is 9.43. The number of rotatable bonds is 14. The molecule has 0 N–H and O–H groups in total. The largest absolute Gasteiger partial charge is 0.0839 e. The summed E-state index contributed by atoms with van der Waals surface area (Å²) in [6.07, 6.45) is 26.9. The summed E-state index contributed by atoms with van der Waals surface area (Å²) in [5.41, 5.74) is 6.94. The van der Waals surface area contributed by atoms with Gasteiger partial charge in [0.1, 0.15) is 0 Å². The average Bonchev–Trinajstić information content (AvgIpc) is 3.04. The fraction of sp³-hybridized carbons (Fsp3) is 0.655. The van der Waals surface area contributed by atoms with E-state index in [9.17, 15) is 0 Å². The maximum absolute atomic E-state index is 2.52. The number of hydrogen-bond acceptors (Lipinski definition) is 0. The van der Waals surface area contributed by atoms with Gasteiger partial charge in [-0.1, -0.05) is 127 Å². The van der Waals surface area contributed by atoms with Gasteiger partial charge in [-0.05, 0) is 48.0 Å². The van der Waals surface area contributed by atoms with Crippen LogP contribution in [0.4, 0.5) is 0 Å². The summed E-state index contributed by atoms with van der Waals surface area (Å²) in [7, 11) is 0. The Morgan fingerprint density at radius 1 is 0.724 bits per heavy atom. The SMILES string of the molecule is CCCCCCCCC1(CCCCCCCC)C2=C(CCC=C2)c2ccccc21. The molecule has 0 unspecified atom stereocenters. The standard InChI is InChI=1S/C29H44/c1-3-5-7-9-11-17-23-29(24-18-12-10-8-6-4-2)27-21-15-13-19-25(27)26-20-14-16-22-28(26)29/h13,15-16,19,21-22H,3-12,14,17-18,20,23-24H2,1-2H3. The van der Waals surface area contributed by atoms with Crippen molar-refractivity contribution in [2.24, 2.45) is 0 Å². The van der Waals surface area contributed by atoms with Crippen LogP contribution in [0.5, 0.6) is 0 Å². The van der Waals surface area contributed by atoms with Crippen molar-refractivity contribution in [2.75, 3.05) is 0 Å². The molecule has 1 aromatic carbocycles. The van der Waals surface area contributed by atoms with Crippen LogP contribution >= 0.6 is 0 Å². The molecule has 1 aromatic rings. The lowest BCUT2D eigenvalue weighted by Crippen LogP contribution is -2.26. The number of unbranched alkanes of at least 4 members (excludes halogenated alkanes) is 10. The predicted molar refractivity (Wildman–Crippen MR) is 129 cm³/mol. The minimum Gasteiger partial charge on any atom is -0.0839 e. The molecule has 0 aromatic heterocycles.